The van der Waals surface area contributed by atoms with Crippen LogP contribution in [0.25, 0.3) is 11.0 Å². The Morgan fingerprint density at radius 3 is 2.57 bits per heavy atom. The molecule has 1 N–H and O–H groups in total. The van der Waals surface area contributed by atoms with Crippen LogP contribution in [0.2, 0.25) is 0 Å². The predicted molar refractivity (Wildman–Crippen MR) is 115 cm³/mol. The highest BCUT2D eigenvalue weighted by Crippen LogP contribution is 2.24. The number of nitrogens with zero attached hydrogens (tertiary/aromatic N) is 1. The number of carbonyl (C=O) groups excluding carboxylic acids is 3. The second kappa shape index (κ2) is 7.68. The Bertz CT molecular complexity index is 1220. The van der Waals surface area contributed by atoms with Crippen molar-refractivity contribution in [1.29, 1.82) is 0 Å². The zero-order chi connectivity index (χ0) is 22.2. The third kappa shape index (κ3) is 3.79. The summed E-state index contributed by atoms with van der Waals surface area (Å²) < 4.78 is 7.00. The molecular formula is C24H24N2O4. The molecule has 0 radical (unpaired) electrons. The van der Waals surface area contributed by atoms with Crippen molar-refractivity contribution in [3.8, 4) is 12.3 Å². The van der Waals surface area contributed by atoms with Gasteiger partial charge in [-0.1, -0.05) is 12.0 Å². The molecule has 154 valence electrons. The molecule has 0 spiro atoms. The first-order chi connectivity index (χ1) is 14.1. The van der Waals surface area contributed by atoms with Crippen molar-refractivity contribution in [2.24, 2.45) is 7.05 Å². The van der Waals surface area contributed by atoms with Gasteiger partial charge in [-0.05, 0) is 57.0 Å². The van der Waals surface area contributed by atoms with Crippen LogP contribution in [0.1, 0.15) is 51.5 Å². The summed E-state index contributed by atoms with van der Waals surface area (Å²) in [7, 11) is 1.72. The van der Waals surface area contributed by atoms with E-state index >= 15 is 0 Å². The number of carbonyl (C=O) groups is 3. The molecule has 0 unspecified atom stereocenters. The summed E-state index contributed by atoms with van der Waals surface area (Å²) >= 11 is 0. The number of ketones is 2. The fraction of sp³-hybridized carbons (Fsp3) is 0.292. The van der Waals surface area contributed by atoms with Gasteiger partial charge < -0.3 is 14.3 Å². The van der Waals surface area contributed by atoms with E-state index in [-0.39, 0.29) is 17.8 Å². The number of hydrogen-bond donors (Lipinski definition) is 1. The Morgan fingerprint density at radius 2 is 1.90 bits per heavy atom. The fourth-order valence-electron chi connectivity index (χ4n) is 3.59. The van der Waals surface area contributed by atoms with E-state index in [1.807, 2.05) is 24.3 Å². The van der Waals surface area contributed by atoms with E-state index in [2.05, 4.69) is 11.2 Å². The van der Waals surface area contributed by atoms with Gasteiger partial charge in [-0.15, -0.1) is 6.42 Å². The average molecular weight is 404 g/mol. The lowest BCUT2D eigenvalue weighted by Gasteiger charge is -2.18. The number of terminal acetylenes is 1. The topological polar surface area (TPSA) is 81.3 Å². The molecule has 3 aromatic rings. The maximum Gasteiger partial charge on any atom is 0.293 e. The number of rotatable bonds is 6. The van der Waals surface area contributed by atoms with E-state index in [0.717, 1.165) is 16.5 Å². The molecule has 6 nitrogen and oxygen atoms in total. The van der Waals surface area contributed by atoms with Gasteiger partial charge in [0, 0.05) is 24.5 Å². The van der Waals surface area contributed by atoms with Crippen LogP contribution in [0, 0.1) is 26.2 Å². The van der Waals surface area contributed by atoms with Gasteiger partial charge in [0.15, 0.2) is 5.78 Å². The molecule has 0 bridgehead atoms. The first-order valence-electron chi connectivity index (χ1n) is 9.55. The van der Waals surface area contributed by atoms with E-state index < -0.39 is 17.2 Å². The number of nitrogens with one attached hydrogen (secondary N) is 1. The van der Waals surface area contributed by atoms with Gasteiger partial charge >= 0.3 is 0 Å². The molecular weight excluding hydrogens is 380 g/mol. The van der Waals surface area contributed by atoms with E-state index in [9.17, 15) is 14.4 Å². The minimum absolute atomic E-state index is 0.135. The van der Waals surface area contributed by atoms with Crippen LogP contribution in [0.4, 0.5) is 0 Å². The molecule has 0 aliphatic heterocycles. The highest BCUT2D eigenvalue weighted by molar-refractivity contribution is 6.43. The highest BCUT2D eigenvalue weighted by atomic mass is 16.3. The Morgan fingerprint density at radius 1 is 1.20 bits per heavy atom. The van der Waals surface area contributed by atoms with Crippen molar-refractivity contribution in [1.82, 2.24) is 9.88 Å². The third-order valence-electron chi connectivity index (χ3n) is 5.30. The van der Waals surface area contributed by atoms with Crippen molar-refractivity contribution in [3.63, 3.8) is 0 Å². The number of Topliss-reactive ketones (excluding diaryl/α,β-unsaturated/α-hetero) is 2. The van der Waals surface area contributed by atoms with Crippen molar-refractivity contribution in [2.45, 2.75) is 39.7 Å². The predicted octanol–water partition coefficient (Wildman–Crippen LogP) is 3.52. The zero-order valence-electron chi connectivity index (χ0n) is 17.8. The maximum absolute atomic E-state index is 13.1. The number of furan rings is 1. The molecule has 3 rings (SSSR count). The molecule has 1 aromatic carbocycles. The summed E-state index contributed by atoms with van der Waals surface area (Å²) in [6.45, 7) is 6.67. The molecule has 6 heteroatoms. The Kier molecular flexibility index (Phi) is 5.41. The zero-order valence-corrected chi connectivity index (χ0v) is 17.8. The molecule has 0 fully saturated rings. The van der Waals surface area contributed by atoms with Crippen LogP contribution in [-0.4, -0.2) is 27.6 Å². The van der Waals surface area contributed by atoms with Gasteiger partial charge in [0.25, 0.3) is 11.7 Å². The van der Waals surface area contributed by atoms with Gasteiger partial charge in [-0.3, -0.25) is 14.4 Å². The normalized spacial score (nSPS) is 11.3. The van der Waals surface area contributed by atoms with Crippen LogP contribution in [0.5, 0.6) is 0 Å². The number of benzene rings is 1. The van der Waals surface area contributed by atoms with E-state index in [1.54, 1.807) is 45.6 Å². The molecule has 2 heterocycles. The number of amides is 1. The first kappa shape index (κ1) is 21.1. The fourth-order valence-corrected chi connectivity index (χ4v) is 3.59. The summed E-state index contributed by atoms with van der Waals surface area (Å²) in [5.74, 6) is 0.797. The van der Waals surface area contributed by atoms with Crippen LogP contribution in [0.15, 0.2) is 34.9 Å². The lowest BCUT2D eigenvalue weighted by atomic mass is 9.99. The summed E-state index contributed by atoms with van der Waals surface area (Å²) in [4.78, 5) is 38.4. The lowest BCUT2D eigenvalue weighted by molar-refractivity contribution is -0.118. The SMILES string of the molecule is C#CC(C)(C)NC(=O)C(=O)c1c(C)c(C(=O)Cc2ccc3occc3c2)n(C)c1C. The summed E-state index contributed by atoms with van der Waals surface area (Å²) in [5, 5.41) is 3.46. The lowest BCUT2D eigenvalue weighted by Crippen LogP contribution is -2.45. The van der Waals surface area contributed by atoms with Crippen molar-refractivity contribution < 1.29 is 18.8 Å². The van der Waals surface area contributed by atoms with Gasteiger partial charge in [0.05, 0.1) is 23.1 Å². The minimum Gasteiger partial charge on any atom is -0.464 e. The molecule has 0 saturated heterocycles. The largest absolute Gasteiger partial charge is 0.464 e. The van der Waals surface area contributed by atoms with Crippen LogP contribution >= 0.6 is 0 Å². The van der Waals surface area contributed by atoms with Crippen molar-refractivity contribution in [3.05, 3.63) is 58.6 Å². The quantitative estimate of drug-likeness (QED) is 0.387. The second-order valence-electron chi connectivity index (χ2n) is 7.94. The van der Waals surface area contributed by atoms with Gasteiger partial charge in [-0.25, -0.2) is 0 Å². The standard InChI is InChI=1S/C24H24N2O4/c1-7-24(4,5)25-23(29)22(28)20-14(2)21(26(6)15(20)3)18(27)13-16-8-9-19-17(12-16)10-11-30-19/h1,8-12H,13H2,2-6H3,(H,25,29). The van der Waals surface area contributed by atoms with Crippen molar-refractivity contribution >= 4 is 28.4 Å². The number of aromatic nitrogens is 1. The molecule has 1 amide bonds. The smallest absolute Gasteiger partial charge is 0.293 e. The molecule has 0 aliphatic rings. The first-order valence-corrected chi connectivity index (χ1v) is 9.55. The maximum atomic E-state index is 13.1. The number of fused-ring (bicyclic) bond motifs is 1. The van der Waals surface area contributed by atoms with Crippen LogP contribution in [0.3, 0.4) is 0 Å². The highest BCUT2D eigenvalue weighted by Gasteiger charge is 2.30. The van der Waals surface area contributed by atoms with E-state index in [0.29, 0.717) is 17.0 Å². The molecule has 0 atom stereocenters. The summed E-state index contributed by atoms with van der Waals surface area (Å²) in [6.07, 6.45) is 7.16. The molecule has 0 aliphatic carbocycles. The minimum atomic E-state index is -0.951. The monoisotopic (exact) mass is 404 g/mol. The van der Waals surface area contributed by atoms with Crippen molar-refractivity contribution in [2.75, 3.05) is 0 Å². The Labute approximate surface area is 175 Å². The van der Waals surface area contributed by atoms with Crippen LogP contribution < -0.4 is 5.32 Å². The van der Waals surface area contributed by atoms with Gasteiger partial charge in [0.1, 0.15) is 5.58 Å². The number of hydrogen-bond acceptors (Lipinski definition) is 4. The summed E-state index contributed by atoms with van der Waals surface area (Å²) in [5.41, 5.74) is 2.33. The summed E-state index contributed by atoms with van der Waals surface area (Å²) in [6, 6.07) is 7.42. The average Bonchev–Trinajstić information content (AvgIpc) is 3.23. The van der Waals surface area contributed by atoms with Crippen LogP contribution in [-0.2, 0) is 18.3 Å². The van der Waals surface area contributed by atoms with E-state index in [1.165, 1.54) is 0 Å². The molecule has 0 saturated carbocycles. The molecule has 2 aromatic heterocycles. The Balaban J connectivity index is 1.91. The third-order valence-corrected chi connectivity index (χ3v) is 5.30. The Hall–Kier alpha value is -3.59. The van der Waals surface area contributed by atoms with Gasteiger partial charge in [-0.2, -0.15) is 0 Å². The molecule has 30 heavy (non-hydrogen) atoms. The van der Waals surface area contributed by atoms with E-state index in [4.69, 9.17) is 10.8 Å². The van der Waals surface area contributed by atoms with Gasteiger partial charge in [0.2, 0.25) is 0 Å². The second-order valence-corrected chi connectivity index (χ2v) is 7.94.